The summed E-state index contributed by atoms with van der Waals surface area (Å²) in [4.78, 5) is 25.9. The first-order valence-electron chi connectivity index (χ1n) is 7.58. The lowest BCUT2D eigenvalue weighted by Gasteiger charge is -2.25. The Morgan fingerprint density at radius 3 is 2.22 bits per heavy atom. The summed E-state index contributed by atoms with van der Waals surface area (Å²) in [5, 5.41) is 0. The number of hydrogen-bond donors (Lipinski definition) is 0. The fraction of sp³-hybridized carbons (Fsp3) is 0.263. The highest BCUT2D eigenvalue weighted by Crippen LogP contribution is 2.20. The van der Waals surface area contributed by atoms with E-state index in [2.05, 4.69) is 0 Å². The first kappa shape index (κ1) is 16.9. The van der Waals surface area contributed by atoms with Crippen molar-refractivity contribution in [3.63, 3.8) is 0 Å². The predicted molar refractivity (Wildman–Crippen MR) is 87.6 cm³/mol. The first-order valence-corrected chi connectivity index (χ1v) is 7.58. The zero-order valence-corrected chi connectivity index (χ0v) is 13.3. The average Bonchev–Trinajstić information content (AvgIpc) is 2.59. The molecule has 0 saturated carbocycles. The minimum atomic E-state index is -0.302. The zero-order chi connectivity index (χ0) is 16.8. The number of amides is 1. The zero-order valence-electron chi connectivity index (χ0n) is 13.3. The Morgan fingerprint density at radius 1 is 1.00 bits per heavy atom. The summed E-state index contributed by atoms with van der Waals surface area (Å²) >= 11 is 0. The minimum absolute atomic E-state index is 0.0400. The van der Waals surface area contributed by atoms with Crippen molar-refractivity contribution in [2.75, 3.05) is 7.05 Å². The molecule has 0 saturated heterocycles. The molecule has 1 atom stereocenters. The summed E-state index contributed by atoms with van der Waals surface area (Å²) in [7, 11) is 1.70. The standard InChI is InChI=1S/C19H20FNO2/c1-14(15-8-10-17(20)11-9-15)21(2)19(23)13-12-18(22)16-6-4-3-5-7-16/h3-11,14H,12-13H2,1-2H3. The molecule has 0 aliphatic heterocycles. The molecule has 2 aromatic carbocycles. The molecule has 0 fully saturated rings. The summed E-state index contributed by atoms with van der Waals surface area (Å²) in [6.45, 7) is 1.88. The van der Waals surface area contributed by atoms with Crippen LogP contribution in [0.5, 0.6) is 0 Å². The van der Waals surface area contributed by atoms with Crippen molar-refractivity contribution in [3.8, 4) is 0 Å². The maximum Gasteiger partial charge on any atom is 0.223 e. The Balaban J connectivity index is 1.92. The van der Waals surface area contributed by atoms with Gasteiger partial charge < -0.3 is 4.90 Å². The normalized spacial score (nSPS) is 11.8. The van der Waals surface area contributed by atoms with Crippen molar-refractivity contribution < 1.29 is 14.0 Å². The van der Waals surface area contributed by atoms with Crippen LogP contribution in [-0.2, 0) is 4.79 Å². The highest BCUT2D eigenvalue weighted by Gasteiger charge is 2.18. The summed E-state index contributed by atoms with van der Waals surface area (Å²) < 4.78 is 13.0. The van der Waals surface area contributed by atoms with Gasteiger partial charge in [-0.05, 0) is 24.6 Å². The average molecular weight is 313 g/mol. The molecule has 3 nitrogen and oxygen atoms in total. The number of halogens is 1. The molecule has 0 radical (unpaired) electrons. The van der Waals surface area contributed by atoms with E-state index < -0.39 is 0 Å². The van der Waals surface area contributed by atoms with Gasteiger partial charge in [-0.3, -0.25) is 9.59 Å². The second-order valence-electron chi connectivity index (χ2n) is 5.52. The van der Waals surface area contributed by atoms with Crippen LogP contribution in [0.25, 0.3) is 0 Å². The molecule has 1 amide bonds. The van der Waals surface area contributed by atoms with E-state index in [1.165, 1.54) is 12.1 Å². The lowest BCUT2D eigenvalue weighted by atomic mass is 10.0. The summed E-state index contributed by atoms with van der Waals surface area (Å²) in [6, 6.07) is 14.9. The maximum atomic E-state index is 13.0. The second kappa shape index (κ2) is 7.68. The Kier molecular flexibility index (Phi) is 5.63. The summed E-state index contributed by atoms with van der Waals surface area (Å²) in [5.41, 5.74) is 1.48. The van der Waals surface area contributed by atoms with Gasteiger partial charge in [0.25, 0.3) is 0 Å². The number of carbonyl (C=O) groups excluding carboxylic acids is 2. The summed E-state index contributed by atoms with van der Waals surface area (Å²) in [6.07, 6.45) is 0.346. The molecule has 0 heterocycles. The van der Waals surface area contributed by atoms with Crippen LogP contribution < -0.4 is 0 Å². The van der Waals surface area contributed by atoms with Gasteiger partial charge in [0.1, 0.15) is 5.82 Å². The minimum Gasteiger partial charge on any atom is -0.339 e. The highest BCUT2D eigenvalue weighted by atomic mass is 19.1. The quantitative estimate of drug-likeness (QED) is 0.756. The van der Waals surface area contributed by atoms with Gasteiger partial charge >= 0.3 is 0 Å². The van der Waals surface area contributed by atoms with Crippen molar-refractivity contribution in [2.24, 2.45) is 0 Å². The monoisotopic (exact) mass is 313 g/mol. The lowest BCUT2D eigenvalue weighted by Crippen LogP contribution is -2.29. The molecule has 0 aromatic heterocycles. The van der Waals surface area contributed by atoms with Gasteiger partial charge in [0.2, 0.25) is 5.91 Å². The van der Waals surface area contributed by atoms with Gasteiger partial charge in [-0.25, -0.2) is 4.39 Å². The Morgan fingerprint density at radius 2 is 1.61 bits per heavy atom. The fourth-order valence-corrected chi connectivity index (χ4v) is 2.35. The number of Topliss-reactive ketones (excluding diaryl/α,β-unsaturated/α-hetero) is 1. The third-order valence-electron chi connectivity index (χ3n) is 3.99. The third kappa shape index (κ3) is 4.49. The molecule has 120 valence electrons. The van der Waals surface area contributed by atoms with Crippen LogP contribution in [0.1, 0.15) is 41.7 Å². The largest absolute Gasteiger partial charge is 0.339 e. The molecule has 0 bridgehead atoms. The lowest BCUT2D eigenvalue weighted by molar-refractivity contribution is -0.131. The smallest absolute Gasteiger partial charge is 0.223 e. The summed E-state index contributed by atoms with van der Waals surface area (Å²) in [5.74, 6) is -0.448. The number of hydrogen-bond acceptors (Lipinski definition) is 2. The number of nitrogens with zero attached hydrogens (tertiary/aromatic N) is 1. The van der Waals surface area contributed by atoms with Crippen LogP contribution in [0.15, 0.2) is 54.6 Å². The van der Waals surface area contributed by atoms with Crippen LogP contribution >= 0.6 is 0 Å². The number of ketones is 1. The van der Waals surface area contributed by atoms with Gasteiger partial charge in [-0.1, -0.05) is 42.5 Å². The molecule has 4 heteroatoms. The molecule has 0 N–H and O–H groups in total. The van der Waals surface area contributed by atoms with Crippen molar-refractivity contribution in [1.29, 1.82) is 0 Å². The predicted octanol–water partition coefficient (Wildman–Crippen LogP) is 4.01. The molecule has 1 unspecified atom stereocenters. The second-order valence-corrected chi connectivity index (χ2v) is 5.52. The van der Waals surface area contributed by atoms with Crippen molar-refractivity contribution in [1.82, 2.24) is 4.90 Å². The molecular formula is C19H20FNO2. The van der Waals surface area contributed by atoms with E-state index >= 15 is 0 Å². The van der Waals surface area contributed by atoms with E-state index in [0.717, 1.165) is 5.56 Å². The fourth-order valence-electron chi connectivity index (χ4n) is 2.35. The molecule has 0 spiro atoms. The van der Waals surface area contributed by atoms with Crippen LogP contribution in [0.4, 0.5) is 4.39 Å². The molecule has 2 rings (SSSR count). The third-order valence-corrected chi connectivity index (χ3v) is 3.99. The number of carbonyl (C=O) groups is 2. The van der Waals surface area contributed by atoms with Crippen LogP contribution in [-0.4, -0.2) is 23.6 Å². The van der Waals surface area contributed by atoms with Crippen molar-refractivity contribution in [2.45, 2.75) is 25.8 Å². The van der Waals surface area contributed by atoms with E-state index in [1.807, 2.05) is 13.0 Å². The van der Waals surface area contributed by atoms with Gasteiger partial charge in [0.05, 0.1) is 6.04 Å². The highest BCUT2D eigenvalue weighted by molar-refractivity contribution is 5.97. The van der Waals surface area contributed by atoms with Crippen LogP contribution in [0, 0.1) is 5.82 Å². The van der Waals surface area contributed by atoms with Crippen molar-refractivity contribution >= 4 is 11.7 Å². The molecule has 23 heavy (non-hydrogen) atoms. The van der Waals surface area contributed by atoms with Crippen molar-refractivity contribution in [3.05, 3.63) is 71.5 Å². The van der Waals surface area contributed by atoms with Gasteiger partial charge in [-0.2, -0.15) is 0 Å². The molecule has 0 aliphatic rings. The van der Waals surface area contributed by atoms with E-state index in [0.29, 0.717) is 5.56 Å². The van der Waals surface area contributed by atoms with Gasteiger partial charge in [-0.15, -0.1) is 0 Å². The van der Waals surface area contributed by atoms with E-state index in [9.17, 15) is 14.0 Å². The maximum absolute atomic E-state index is 13.0. The number of benzene rings is 2. The molecular weight excluding hydrogens is 293 g/mol. The first-order chi connectivity index (χ1) is 11.0. The number of rotatable bonds is 6. The van der Waals surface area contributed by atoms with Gasteiger partial charge in [0, 0.05) is 25.5 Å². The van der Waals surface area contributed by atoms with Crippen LogP contribution in [0.2, 0.25) is 0 Å². The Bertz CT molecular complexity index is 668. The van der Waals surface area contributed by atoms with Gasteiger partial charge in [0.15, 0.2) is 5.78 Å². The van der Waals surface area contributed by atoms with E-state index in [4.69, 9.17) is 0 Å². The topological polar surface area (TPSA) is 37.4 Å². The van der Waals surface area contributed by atoms with E-state index in [-0.39, 0.29) is 36.4 Å². The van der Waals surface area contributed by atoms with E-state index in [1.54, 1.807) is 48.3 Å². The Labute approximate surface area is 135 Å². The SMILES string of the molecule is CC(c1ccc(F)cc1)N(C)C(=O)CCC(=O)c1ccccc1. The molecule has 0 aliphatic carbocycles. The van der Waals surface area contributed by atoms with Crippen LogP contribution in [0.3, 0.4) is 0 Å². The Hall–Kier alpha value is -2.49. The molecule has 2 aromatic rings.